The molecule has 72 valence electrons. The van der Waals surface area contributed by atoms with Crippen LogP contribution in [0.2, 0.25) is 0 Å². The number of carbonyl (C=O) groups excluding carboxylic acids is 1. The van der Waals surface area contributed by atoms with Crippen molar-refractivity contribution in [2.45, 2.75) is 30.9 Å². The minimum atomic E-state index is -2.92. The first-order chi connectivity index (χ1) is 6.17. The molecule has 0 spiro atoms. The maximum atomic E-state index is 11.4. The molecule has 0 aromatic rings. The standard InChI is InChI=1S/C9H12O3S/c10-7-3-1-5-9-6-2-4-8-13(9,11)12/h7,9H,2,4-6,8H2. The fraction of sp³-hybridized carbons (Fsp3) is 0.667. The highest BCUT2D eigenvalue weighted by atomic mass is 32.2. The van der Waals surface area contributed by atoms with E-state index in [0.29, 0.717) is 19.1 Å². The van der Waals surface area contributed by atoms with Gasteiger partial charge in [-0.15, -0.1) is 0 Å². The lowest BCUT2D eigenvalue weighted by Crippen LogP contribution is -2.27. The molecular weight excluding hydrogens is 188 g/mol. The van der Waals surface area contributed by atoms with Gasteiger partial charge in [-0.25, -0.2) is 8.42 Å². The molecule has 13 heavy (non-hydrogen) atoms. The van der Waals surface area contributed by atoms with Crippen molar-refractivity contribution in [2.24, 2.45) is 0 Å². The molecular formula is C9H12O3S. The van der Waals surface area contributed by atoms with Gasteiger partial charge in [0.25, 0.3) is 0 Å². The molecule has 1 atom stereocenters. The molecule has 1 unspecified atom stereocenters. The van der Waals surface area contributed by atoms with E-state index in [4.69, 9.17) is 0 Å². The molecule has 0 aliphatic carbocycles. The molecule has 3 nitrogen and oxygen atoms in total. The fourth-order valence-corrected chi connectivity index (χ4v) is 3.27. The van der Waals surface area contributed by atoms with E-state index < -0.39 is 9.84 Å². The summed E-state index contributed by atoms with van der Waals surface area (Å²) in [7, 11) is -2.92. The molecule has 1 aliphatic heterocycles. The molecule has 0 aromatic carbocycles. The van der Waals surface area contributed by atoms with Crippen LogP contribution in [0, 0.1) is 11.8 Å². The zero-order chi connectivity index (χ0) is 9.73. The van der Waals surface area contributed by atoms with Crippen molar-refractivity contribution in [1.29, 1.82) is 0 Å². The van der Waals surface area contributed by atoms with Crippen molar-refractivity contribution in [2.75, 3.05) is 5.75 Å². The predicted octanol–water partition coefficient (Wildman–Crippen LogP) is 0.546. The number of sulfone groups is 1. The fourth-order valence-electron chi connectivity index (χ4n) is 1.46. The topological polar surface area (TPSA) is 51.2 Å². The van der Waals surface area contributed by atoms with Gasteiger partial charge >= 0.3 is 0 Å². The van der Waals surface area contributed by atoms with Gasteiger partial charge in [0.05, 0.1) is 11.0 Å². The van der Waals surface area contributed by atoms with E-state index in [0.717, 1.165) is 12.8 Å². The van der Waals surface area contributed by atoms with E-state index in [1.165, 1.54) is 0 Å². The van der Waals surface area contributed by atoms with Crippen LogP contribution < -0.4 is 0 Å². The third-order valence-corrected chi connectivity index (χ3v) is 4.48. The van der Waals surface area contributed by atoms with E-state index in [2.05, 4.69) is 11.8 Å². The molecule has 1 fully saturated rings. The van der Waals surface area contributed by atoms with Gasteiger partial charge in [-0.1, -0.05) is 12.3 Å². The van der Waals surface area contributed by atoms with Crippen molar-refractivity contribution in [3.05, 3.63) is 0 Å². The lowest BCUT2D eigenvalue weighted by atomic mass is 10.1. The van der Waals surface area contributed by atoms with Crippen molar-refractivity contribution in [3.63, 3.8) is 0 Å². The van der Waals surface area contributed by atoms with E-state index >= 15 is 0 Å². The van der Waals surface area contributed by atoms with Crippen LogP contribution in [-0.4, -0.2) is 25.7 Å². The second-order valence-corrected chi connectivity index (χ2v) is 5.53. The summed E-state index contributed by atoms with van der Waals surface area (Å²) in [5, 5.41) is -0.339. The summed E-state index contributed by atoms with van der Waals surface area (Å²) >= 11 is 0. The lowest BCUT2D eigenvalue weighted by Gasteiger charge is -2.19. The molecule has 0 radical (unpaired) electrons. The van der Waals surface area contributed by atoms with Crippen LogP contribution in [0.3, 0.4) is 0 Å². The van der Waals surface area contributed by atoms with Gasteiger partial charge in [0.1, 0.15) is 0 Å². The summed E-state index contributed by atoms with van der Waals surface area (Å²) in [6.45, 7) is 0. The molecule has 0 bridgehead atoms. The zero-order valence-electron chi connectivity index (χ0n) is 7.32. The predicted molar refractivity (Wildman–Crippen MR) is 49.9 cm³/mol. The zero-order valence-corrected chi connectivity index (χ0v) is 8.14. The lowest BCUT2D eigenvalue weighted by molar-refractivity contribution is -0.103. The average molecular weight is 200 g/mol. The molecule has 0 amide bonds. The number of aldehydes is 1. The second-order valence-electron chi connectivity index (χ2n) is 3.13. The SMILES string of the molecule is O=CC#CCC1CCCCS1(=O)=O. The quantitative estimate of drug-likeness (QED) is 0.458. The van der Waals surface area contributed by atoms with Crippen molar-refractivity contribution in [3.8, 4) is 11.8 Å². The van der Waals surface area contributed by atoms with Crippen LogP contribution in [0.5, 0.6) is 0 Å². The minimum absolute atomic E-state index is 0.278. The van der Waals surface area contributed by atoms with Crippen molar-refractivity contribution in [1.82, 2.24) is 0 Å². The molecule has 4 heteroatoms. The highest BCUT2D eigenvalue weighted by Crippen LogP contribution is 2.21. The van der Waals surface area contributed by atoms with Crippen LogP contribution in [0.1, 0.15) is 25.7 Å². The first kappa shape index (κ1) is 10.3. The number of rotatable bonds is 1. The summed E-state index contributed by atoms with van der Waals surface area (Å²) in [6, 6.07) is 0. The Labute approximate surface area is 78.4 Å². The van der Waals surface area contributed by atoms with E-state index in [9.17, 15) is 13.2 Å². The van der Waals surface area contributed by atoms with E-state index in [-0.39, 0.29) is 11.0 Å². The van der Waals surface area contributed by atoms with Crippen LogP contribution in [0.25, 0.3) is 0 Å². The Morgan fingerprint density at radius 3 is 2.77 bits per heavy atom. The molecule has 1 saturated heterocycles. The van der Waals surface area contributed by atoms with Gasteiger partial charge in [0.15, 0.2) is 16.1 Å². The number of hydrogen-bond donors (Lipinski definition) is 0. The van der Waals surface area contributed by atoms with Crippen LogP contribution in [0.4, 0.5) is 0 Å². The van der Waals surface area contributed by atoms with Gasteiger partial charge in [-0.3, -0.25) is 4.79 Å². The highest BCUT2D eigenvalue weighted by molar-refractivity contribution is 7.92. The molecule has 1 rings (SSSR count). The molecule has 0 aromatic heterocycles. The van der Waals surface area contributed by atoms with Gasteiger partial charge in [0.2, 0.25) is 0 Å². The van der Waals surface area contributed by atoms with Crippen molar-refractivity contribution < 1.29 is 13.2 Å². The van der Waals surface area contributed by atoms with Gasteiger partial charge in [0, 0.05) is 6.42 Å². The third kappa shape index (κ3) is 2.85. The monoisotopic (exact) mass is 200 g/mol. The Bertz CT molecular complexity index is 332. The Kier molecular flexibility index (Phi) is 3.49. The Morgan fingerprint density at radius 2 is 2.15 bits per heavy atom. The maximum absolute atomic E-state index is 11.4. The second kappa shape index (κ2) is 4.43. The largest absolute Gasteiger partial charge is 0.289 e. The Balaban J connectivity index is 2.62. The summed E-state index contributed by atoms with van der Waals surface area (Å²) in [6.07, 6.45) is 3.21. The molecule has 1 heterocycles. The Morgan fingerprint density at radius 1 is 1.38 bits per heavy atom. The summed E-state index contributed by atoms with van der Waals surface area (Å²) in [5.74, 6) is 5.08. The van der Waals surface area contributed by atoms with E-state index in [1.54, 1.807) is 0 Å². The summed E-state index contributed by atoms with van der Waals surface area (Å²) < 4.78 is 22.8. The van der Waals surface area contributed by atoms with Crippen LogP contribution in [-0.2, 0) is 14.6 Å². The van der Waals surface area contributed by atoms with Crippen molar-refractivity contribution >= 4 is 16.1 Å². The molecule has 0 saturated carbocycles. The highest BCUT2D eigenvalue weighted by Gasteiger charge is 2.27. The Hall–Kier alpha value is -0.820. The summed E-state index contributed by atoms with van der Waals surface area (Å²) in [4.78, 5) is 9.88. The van der Waals surface area contributed by atoms with E-state index in [1.807, 2.05) is 0 Å². The van der Waals surface area contributed by atoms with Gasteiger partial charge in [-0.2, -0.15) is 0 Å². The van der Waals surface area contributed by atoms with Crippen LogP contribution >= 0.6 is 0 Å². The molecule has 1 aliphatic rings. The van der Waals surface area contributed by atoms with Gasteiger partial charge in [-0.05, 0) is 18.8 Å². The first-order valence-electron chi connectivity index (χ1n) is 4.30. The third-order valence-electron chi connectivity index (χ3n) is 2.20. The summed E-state index contributed by atoms with van der Waals surface area (Å²) in [5.41, 5.74) is 0. The number of carbonyl (C=O) groups is 1. The maximum Gasteiger partial charge on any atom is 0.192 e. The normalized spacial score (nSPS) is 25.7. The smallest absolute Gasteiger partial charge is 0.192 e. The average Bonchev–Trinajstić information content (AvgIpc) is 2.08. The van der Waals surface area contributed by atoms with Crippen LogP contribution in [0.15, 0.2) is 0 Å². The molecule has 0 N–H and O–H groups in total. The number of hydrogen-bond acceptors (Lipinski definition) is 3. The minimum Gasteiger partial charge on any atom is -0.289 e. The van der Waals surface area contributed by atoms with Gasteiger partial charge < -0.3 is 0 Å². The first-order valence-corrected chi connectivity index (χ1v) is 6.02.